The van der Waals surface area contributed by atoms with Gasteiger partial charge in [-0.3, -0.25) is 4.90 Å². The number of nitrogens with zero attached hydrogens (tertiary/aromatic N) is 1. The molecular formula is C13H23N. The van der Waals surface area contributed by atoms with Gasteiger partial charge in [0, 0.05) is 13.1 Å². The Balaban J connectivity index is 0.000000293. The summed E-state index contributed by atoms with van der Waals surface area (Å²) < 4.78 is 0. The first-order chi connectivity index (χ1) is 6.72. The van der Waals surface area contributed by atoms with Gasteiger partial charge in [-0.05, 0) is 32.1 Å². The number of fused-ring (bicyclic) bond motifs is 1. The molecule has 1 heteroatoms. The van der Waals surface area contributed by atoms with Gasteiger partial charge in [-0.15, -0.1) is 5.92 Å². The molecular weight excluding hydrogens is 170 g/mol. The van der Waals surface area contributed by atoms with Crippen LogP contribution in [0.25, 0.3) is 0 Å². The maximum atomic E-state index is 3.20. The van der Waals surface area contributed by atoms with E-state index in [1.54, 1.807) is 0 Å². The first kappa shape index (κ1) is 11.6. The van der Waals surface area contributed by atoms with Gasteiger partial charge >= 0.3 is 0 Å². The van der Waals surface area contributed by atoms with Gasteiger partial charge in [0.25, 0.3) is 0 Å². The Morgan fingerprint density at radius 1 is 1.29 bits per heavy atom. The topological polar surface area (TPSA) is 3.24 Å². The predicted molar refractivity (Wildman–Crippen MR) is 62.0 cm³/mol. The maximum absolute atomic E-state index is 3.20. The Labute approximate surface area is 88.9 Å². The van der Waals surface area contributed by atoms with Crippen LogP contribution in [0.3, 0.4) is 0 Å². The van der Waals surface area contributed by atoms with Crippen molar-refractivity contribution in [2.75, 3.05) is 13.1 Å². The molecule has 2 aliphatic rings. The standard InChI is InChI=1S/C10H15N.C3H8/c1-3-4-8(2)11-6-9-5-10(9)7-11;1-3-2/h8-10H,5-7H2,1-2H3;3H2,1-2H3/t8-,9?,10?;/m0./s1. The molecule has 80 valence electrons. The second-order valence-corrected chi connectivity index (χ2v) is 4.49. The van der Waals surface area contributed by atoms with Crippen molar-refractivity contribution in [1.82, 2.24) is 4.90 Å². The van der Waals surface area contributed by atoms with Crippen molar-refractivity contribution in [2.45, 2.75) is 46.6 Å². The number of rotatable bonds is 1. The highest BCUT2D eigenvalue weighted by Gasteiger charge is 2.45. The number of likely N-dealkylation sites (tertiary alicyclic amines) is 1. The molecule has 2 fully saturated rings. The third kappa shape index (κ3) is 3.03. The SMILES string of the molecule is CC#C[C@H](C)N1CC2CC2C1.CCC. The van der Waals surface area contributed by atoms with Crippen LogP contribution in [0.1, 0.15) is 40.5 Å². The Morgan fingerprint density at radius 2 is 1.79 bits per heavy atom. The Hall–Kier alpha value is -0.480. The highest BCUT2D eigenvalue weighted by molar-refractivity contribution is 5.08. The van der Waals surface area contributed by atoms with Crippen LogP contribution in [0.4, 0.5) is 0 Å². The van der Waals surface area contributed by atoms with Gasteiger partial charge in [0.2, 0.25) is 0 Å². The third-order valence-corrected chi connectivity index (χ3v) is 2.91. The van der Waals surface area contributed by atoms with Gasteiger partial charge in [-0.2, -0.15) is 0 Å². The smallest absolute Gasteiger partial charge is 0.0686 e. The average molecular weight is 193 g/mol. The summed E-state index contributed by atoms with van der Waals surface area (Å²) in [5, 5.41) is 0. The van der Waals surface area contributed by atoms with Crippen molar-refractivity contribution >= 4 is 0 Å². The van der Waals surface area contributed by atoms with Crippen LogP contribution in [-0.2, 0) is 0 Å². The van der Waals surface area contributed by atoms with Crippen molar-refractivity contribution in [1.29, 1.82) is 0 Å². The molecule has 0 aromatic heterocycles. The fourth-order valence-electron chi connectivity index (χ4n) is 2.05. The van der Waals surface area contributed by atoms with Crippen LogP contribution in [0.15, 0.2) is 0 Å². The molecule has 2 rings (SSSR count). The molecule has 0 amide bonds. The molecule has 2 unspecified atom stereocenters. The van der Waals surface area contributed by atoms with E-state index in [-0.39, 0.29) is 0 Å². The Bertz CT molecular complexity index is 213. The second kappa shape index (κ2) is 5.41. The summed E-state index contributed by atoms with van der Waals surface area (Å²) in [5.74, 6) is 8.26. The summed E-state index contributed by atoms with van der Waals surface area (Å²) in [4.78, 5) is 2.51. The van der Waals surface area contributed by atoms with Crippen LogP contribution < -0.4 is 0 Å². The molecule has 1 saturated carbocycles. The minimum atomic E-state index is 0.493. The molecule has 0 radical (unpaired) electrons. The lowest BCUT2D eigenvalue weighted by Gasteiger charge is -2.20. The maximum Gasteiger partial charge on any atom is 0.0686 e. The van der Waals surface area contributed by atoms with E-state index in [1.165, 1.54) is 25.9 Å². The summed E-state index contributed by atoms with van der Waals surface area (Å²) in [6.07, 6.45) is 2.74. The number of hydrogen-bond donors (Lipinski definition) is 0. The van der Waals surface area contributed by atoms with E-state index in [9.17, 15) is 0 Å². The van der Waals surface area contributed by atoms with E-state index < -0.39 is 0 Å². The number of piperidine rings is 1. The lowest BCUT2D eigenvalue weighted by molar-refractivity contribution is 0.276. The molecule has 1 saturated heterocycles. The minimum Gasteiger partial charge on any atom is -0.289 e. The number of hydrogen-bond acceptors (Lipinski definition) is 1. The first-order valence-corrected chi connectivity index (χ1v) is 5.89. The average Bonchev–Trinajstić information content (AvgIpc) is 2.75. The molecule has 3 atom stereocenters. The van der Waals surface area contributed by atoms with Gasteiger partial charge in [0.15, 0.2) is 0 Å². The monoisotopic (exact) mass is 193 g/mol. The zero-order valence-electron chi connectivity index (χ0n) is 10.0. The summed E-state index contributed by atoms with van der Waals surface area (Å²) >= 11 is 0. The fourth-order valence-corrected chi connectivity index (χ4v) is 2.05. The van der Waals surface area contributed by atoms with Crippen LogP contribution in [0.2, 0.25) is 0 Å². The first-order valence-electron chi connectivity index (χ1n) is 5.89. The molecule has 1 aliphatic carbocycles. The molecule has 0 aromatic rings. The van der Waals surface area contributed by atoms with Crippen LogP contribution in [0.5, 0.6) is 0 Å². The third-order valence-electron chi connectivity index (χ3n) is 2.91. The van der Waals surface area contributed by atoms with Crippen molar-refractivity contribution < 1.29 is 0 Å². The molecule has 14 heavy (non-hydrogen) atoms. The molecule has 1 heterocycles. The summed E-state index contributed by atoms with van der Waals surface area (Å²) in [7, 11) is 0. The van der Waals surface area contributed by atoms with Crippen molar-refractivity contribution in [3.63, 3.8) is 0 Å². The van der Waals surface area contributed by atoms with Crippen molar-refractivity contribution in [3.8, 4) is 11.8 Å². The van der Waals surface area contributed by atoms with Crippen LogP contribution >= 0.6 is 0 Å². The quantitative estimate of drug-likeness (QED) is 0.579. The van der Waals surface area contributed by atoms with Gasteiger partial charge in [-0.1, -0.05) is 26.2 Å². The van der Waals surface area contributed by atoms with Gasteiger partial charge in [0.1, 0.15) is 0 Å². The van der Waals surface area contributed by atoms with E-state index in [0.717, 1.165) is 11.8 Å². The largest absolute Gasteiger partial charge is 0.289 e. The van der Waals surface area contributed by atoms with Gasteiger partial charge < -0.3 is 0 Å². The van der Waals surface area contributed by atoms with Gasteiger partial charge in [0.05, 0.1) is 6.04 Å². The summed E-state index contributed by atoms with van der Waals surface area (Å²) in [5.41, 5.74) is 0. The van der Waals surface area contributed by atoms with E-state index in [4.69, 9.17) is 0 Å². The Kier molecular flexibility index (Phi) is 4.48. The van der Waals surface area contributed by atoms with Crippen molar-refractivity contribution in [3.05, 3.63) is 0 Å². The summed E-state index contributed by atoms with van der Waals surface area (Å²) in [6.45, 7) is 11.0. The predicted octanol–water partition coefficient (Wildman–Crippen LogP) is 2.77. The summed E-state index contributed by atoms with van der Waals surface area (Å²) in [6, 6.07) is 0.493. The minimum absolute atomic E-state index is 0.493. The van der Waals surface area contributed by atoms with Crippen LogP contribution in [0, 0.1) is 23.7 Å². The highest BCUT2D eigenvalue weighted by Crippen LogP contribution is 2.45. The van der Waals surface area contributed by atoms with E-state index in [1.807, 2.05) is 6.92 Å². The van der Waals surface area contributed by atoms with E-state index in [0.29, 0.717) is 6.04 Å². The Morgan fingerprint density at radius 3 is 2.21 bits per heavy atom. The molecule has 1 nitrogen and oxygen atoms in total. The fraction of sp³-hybridized carbons (Fsp3) is 0.846. The van der Waals surface area contributed by atoms with Crippen LogP contribution in [-0.4, -0.2) is 24.0 Å². The zero-order valence-corrected chi connectivity index (χ0v) is 10.0. The molecule has 1 aliphatic heterocycles. The van der Waals surface area contributed by atoms with Crippen molar-refractivity contribution in [2.24, 2.45) is 11.8 Å². The lowest BCUT2D eigenvalue weighted by Crippen LogP contribution is -2.31. The lowest BCUT2D eigenvalue weighted by atomic mass is 10.3. The highest BCUT2D eigenvalue weighted by atomic mass is 15.2. The van der Waals surface area contributed by atoms with E-state index in [2.05, 4.69) is 37.5 Å². The van der Waals surface area contributed by atoms with E-state index >= 15 is 0 Å². The normalized spacial score (nSPS) is 30.6. The zero-order chi connectivity index (χ0) is 10.6. The molecule has 0 spiro atoms. The second-order valence-electron chi connectivity index (χ2n) is 4.49. The molecule has 0 N–H and O–H groups in total. The van der Waals surface area contributed by atoms with Gasteiger partial charge in [-0.25, -0.2) is 0 Å². The molecule has 0 aromatic carbocycles. The molecule has 0 bridgehead atoms.